The van der Waals surface area contributed by atoms with Crippen molar-refractivity contribution in [2.24, 2.45) is 5.41 Å². The molecule has 1 rings (SSSR count). The number of ether oxygens (including phenoxy) is 1. The topological polar surface area (TPSA) is 24.5 Å². The van der Waals surface area contributed by atoms with E-state index >= 15 is 0 Å². The van der Waals surface area contributed by atoms with Gasteiger partial charge in [0.2, 0.25) is 0 Å². The van der Waals surface area contributed by atoms with Crippen LogP contribution in [0.4, 0.5) is 0 Å². The average molecular weight is 242 g/mol. The highest BCUT2D eigenvalue weighted by Gasteiger charge is 2.10. The van der Waals surface area contributed by atoms with Crippen LogP contribution in [0.3, 0.4) is 0 Å². The van der Waals surface area contributed by atoms with E-state index in [1.165, 1.54) is 38.9 Å². The molecule has 0 aliphatic carbocycles. The van der Waals surface area contributed by atoms with Crippen molar-refractivity contribution in [2.45, 2.75) is 40.0 Å². The molecule has 1 fully saturated rings. The van der Waals surface area contributed by atoms with E-state index in [4.69, 9.17) is 4.74 Å². The Labute approximate surface area is 107 Å². The molecule has 0 saturated carbocycles. The lowest BCUT2D eigenvalue weighted by molar-refractivity contribution is 0.0730. The largest absolute Gasteiger partial charge is 0.380 e. The maximum Gasteiger partial charge on any atom is 0.0591 e. The zero-order valence-corrected chi connectivity index (χ0v) is 11.9. The van der Waals surface area contributed by atoms with Gasteiger partial charge >= 0.3 is 0 Å². The first-order chi connectivity index (χ1) is 8.08. The summed E-state index contributed by atoms with van der Waals surface area (Å²) in [5.74, 6) is 0. The van der Waals surface area contributed by atoms with E-state index in [1.807, 2.05) is 0 Å². The SMILES string of the molecule is CC(C)(C)COCCNCCCN1CCCC1. The van der Waals surface area contributed by atoms with Crippen LogP contribution in [0.5, 0.6) is 0 Å². The molecule has 1 saturated heterocycles. The van der Waals surface area contributed by atoms with Crippen molar-refractivity contribution < 1.29 is 4.74 Å². The Morgan fingerprint density at radius 2 is 1.82 bits per heavy atom. The van der Waals surface area contributed by atoms with Gasteiger partial charge in [-0.25, -0.2) is 0 Å². The Kier molecular flexibility index (Phi) is 7.09. The fourth-order valence-corrected chi connectivity index (χ4v) is 2.08. The van der Waals surface area contributed by atoms with Crippen LogP contribution < -0.4 is 5.32 Å². The van der Waals surface area contributed by atoms with Crippen molar-refractivity contribution in [3.05, 3.63) is 0 Å². The van der Waals surface area contributed by atoms with E-state index < -0.39 is 0 Å². The van der Waals surface area contributed by atoms with Crippen LogP contribution in [0.25, 0.3) is 0 Å². The lowest BCUT2D eigenvalue weighted by Gasteiger charge is -2.18. The molecule has 0 spiro atoms. The summed E-state index contributed by atoms with van der Waals surface area (Å²) in [5.41, 5.74) is 0.287. The number of nitrogens with one attached hydrogen (secondary N) is 1. The maximum atomic E-state index is 5.61. The summed E-state index contributed by atoms with van der Waals surface area (Å²) in [6, 6.07) is 0. The molecule has 3 nitrogen and oxygen atoms in total. The third-order valence-corrected chi connectivity index (χ3v) is 2.98. The van der Waals surface area contributed by atoms with Crippen LogP contribution in [-0.2, 0) is 4.74 Å². The van der Waals surface area contributed by atoms with Gasteiger partial charge in [-0.1, -0.05) is 20.8 Å². The zero-order chi connectivity index (χ0) is 12.6. The van der Waals surface area contributed by atoms with Gasteiger partial charge in [0.1, 0.15) is 0 Å². The highest BCUT2D eigenvalue weighted by atomic mass is 16.5. The Balaban J connectivity index is 1.78. The van der Waals surface area contributed by atoms with Gasteiger partial charge in [0.05, 0.1) is 13.2 Å². The number of hydrogen-bond acceptors (Lipinski definition) is 3. The van der Waals surface area contributed by atoms with Crippen LogP contribution in [0.15, 0.2) is 0 Å². The quantitative estimate of drug-likeness (QED) is 0.660. The minimum Gasteiger partial charge on any atom is -0.380 e. The van der Waals surface area contributed by atoms with Crippen LogP contribution in [0.1, 0.15) is 40.0 Å². The molecule has 0 aromatic carbocycles. The first-order valence-corrected chi connectivity index (χ1v) is 7.09. The molecule has 102 valence electrons. The first kappa shape index (κ1) is 14.9. The minimum atomic E-state index is 0.287. The molecule has 0 unspecified atom stereocenters. The van der Waals surface area contributed by atoms with Crippen LogP contribution in [0, 0.1) is 5.41 Å². The predicted molar refractivity (Wildman–Crippen MR) is 73.4 cm³/mol. The van der Waals surface area contributed by atoms with Gasteiger partial charge in [-0.3, -0.25) is 0 Å². The zero-order valence-electron chi connectivity index (χ0n) is 11.9. The molecule has 17 heavy (non-hydrogen) atoms. The van der Waals surface area contributed by atoms with Gasteiger partial charge in [0.25, 0.3) is 0 Å². The lowest BCUT2D eigenvalue weighted by Crippen LogP contribution is -2.27. The molecule has 0 atom stereocenters. The fourth-order valence-electron chi connectivity index (χ4n) is 2.08. The lowest BCUT2D eigenvalue weighted by atomic mass is 9.99. The first-order valence-electron chi connectivity index (χ1n) is 7.09. The van der Waals surface area contributed by atoms with Crippen LogP contribution in [-0.4, -0.2) is 50.8 Å². The molecular weight excluding hydrogens is 212 g/mol. The Hall–Kier alpha value is -0.120. The molecular formula is C14H30N2O. The minimum absolute atomic E-state index is 0.287. The molecule has 0 radical (unpaired) electrons. The van der Waals surface area contributed by atoms with Crippen molar-refractivity contribution in [3.8, 4) is 0 Å². The molecule has 1 N–H and O–H groups in total. The predicted octanol–water partition coefficient (Wildman–Crippen LogP) is 2.12. The monoisotopic (exact) mass is 242 g/mol. The second kappa shape index (κ2) is 8.06. The van der Waals surface area contributed by atoms with Crippen molar-refractivity contribution in [1.82, 2.24) is 10.2 Å². The Bertz CT molecular complexity index is 183. The van der Waals surface area contributed by atoms with Crippen LogP contribution in [0.2, 0.25) is 0 Å². The van der Waals surface area contributed by atoms with Crippen molar-refractivity contribution in [1.29, 1.82) is 0 Å². The second-order valence-electron chi connectivity index (χ2n) is 6.27. The number of likely N-dealkylation sites (tertiary alicyclic amines) is 1. The fraction of sp³-hybridized carbons (Fsp3) is 1.00. The molecule has 0 aromatic heterocycles. The second-order valence-corrected chi connectivity index (χ2v) is 6.27. The summed E-state index contributed by atoms with van der Waals surface area (Å²) in [7, 11) is 0. The highest BCUT2D eigenvalue weighted by Crippen LogP contribution is 2.12. The van der Waals surface area contributed by atoms with Crippen molar-refractivity contribution in [2.75, 3.05) is 45.9 Å². The van der Waals surface area contributed by atoms with Gasteiger partial charge < -0.3 is 15.0 Å². The van der Waals surface area contributed by atoms with Gasteiger partial charge in [0.15, 0.2) is 0 Å². The van der Waals surface area contributed by atoms with Gasteiger partial charge in [0, 0.05) is 6.54 Å². The summed E-state index contributed by atoms with van der Waals surface area (Å²) in [6.07, 6.45) is 4.06. The normalized spacial score (nSPS) is 17.8. The summed E-state index contributed by atoms with van der Waals surface area (Å²) in [4.78, 5) is 2.57. The smallest absolute Gasteiger partial charge is 0.0591 e. The van der Waals surface area contributed by atoms with E-state index in [0.717, 1.165) is 26.3 Å². The molecule has 1 heterocycles. The Morgan fingerprint density at radius 3 is 2.47 bits per heavy atom. The average Bonchev–Trinajstić information content (AvgIpc) is 2.73. The molecule has 0 bridgehead atoms. The van der Waals surface area contributed by atoms with Gasteiger partial charge in [-0.15, -0.1) is 0 Å². The van der Waals surface area contributed by atoms with E-state index in [9.17, 15) is 0 Å². The summed E-state index contributed by atoms with van der Waals surface area (Å²) in [6.45, 7) is 14.3. The van der Waals surface area contributed by atoms with Crippen molar-refractivity contribution >= 4 is 0 Å². The third-order valence-electron chi connectivity index (χ3n) is 2.98. The van der Waals surface area contributed by atoms with Gasteiger partial charge in [-0.05, 0) is 50.9 Å². The standard InChI is InChI=1S/C14H30N2O/c1-14(2,3)13-17-12-8-15-7-6-11-16-9-4-5-10-16/h15H,4-13H2,1-3H3. The molecule has 0 aromatic rings. The van der Waals surface area contributed by atoms with E-state index in [0.29, 0.717) is 0 Å². The molecule has 1 aliphatic rings. The summed E-state index contributed by atoms with van der Waals surface area (Å²) in [5, 5.41) is 3.44. The highest BCUT2D eigenvalue weighted by molar-refractivity contribution is 4.66. The van der Waals surface area contributed by atoms with E-state index in [2.05, 4.69) is 31.0 Å². The number of nitrogens with zero attached hydrogens (tertiary/aromatic N) is 1. The van der Waals surface area contributed by atoms with Crippen LogP contribution >= 0.6 is 0 Å². The van der Waals surface area contributed by atoms with Crippen molar-refractivity contribution in [3.63, 3.8) is 0 Å². The van der Waals surface area contributed by atoms with E-state index in [1.54, 1.807) is 0 Å². The molecule has 1 aliphatic heterocycles. The summed E-state index contributed by atoms with van der Waals surface area (Å²) >= 11 is 0. The molecule has 0 amide bonds. The number of rotatable bonds is 8. The third kappa shape index (κ3) is 8.58. The molecule has 3 heteroatoms. The van der Waals surface area contributed by atoms with E-state index in [-0.39, 0.29) is 5.41 Å². The Morgan fingerprint density at radius 1 is 1.12 bits per heavy atom. The number of hydrogen-bond donors (Lipinski definition) is 1. The maximum absolute atomic E-state index is 5.61. The van der Waals surface area contributed by atoms with Gasteiger partial charge in [-0.2, -0.15) is 0 Å². The summed E-state index contributed by atoms with van der Waals surface area (Å²) < 4.78 is 5.61.